The molecular formula is C11H16O4. The molecule has 2 N–H and O–H groups in total. The Morgan fingerprint density at radius 2 is 2.13 bits per heavy atom. The largest absolute Gasteiger partial charge is 0.493 e. The summed E-state index contributed by atoms with van der Waals surface area (Å²) in [7, 11) is 1.56. The molecule has 0 spiro atoms. The Bertz CT molecular complexity index is 311. The van der Waals surface area contributed by atoms with E-state index < -0.39 is 6.10 Å². The highest BCUT2D eigenvalue weighted by molar-refractivity contribution is 5.45. The number of aliphatic hydroxyl groups is 2. The van der Waals surface area contributed by atoms with Crippen LogP contribution in [0.4, 0.5) is 0 Å². The van der Waals surface area contributed by atoms with Crippen LogP contribution in [0, 0.1) is 6.92 Å². The molecule has 84 valence electrons. The average Bonchev–Trinajstić information content (AvgIpc) is 2.26. The molecule has 0 aliphatic rings. The van der Waals surface area contributed by atoms with Crippen molar-refractivity contribution in [3.05, 3.63) is 23.8 Å². The first-order valence-corrected chi connectivity index (χ1v) is 4.74. The number of para-hydroxylation sites is 1. The molecule has 0 radical (unpaired) electrons. The summed E-state index contributed by atoms with van der Waals surface area (Å²) in [5.41, 5.74) is 0.930. The number of benzene rings is 1. The first kappa shape index (κ1) is 11.8. The van der Waals surface area contributed by atoms with Gasteiger partial charge in [0.05, 0.1) is 13.7 Å². The lowest BCUT2D eigenvalue weighted by Gasteiger charge is -2.14. The predicted molar refractivity (Wildman–Crippen MR) is 56.3 cm³/mol. The summed E-state index contributed by atoms with van der Waals surface area (Å²) in [6.07, 6.45) is -0.866. The van der Waals surface area contributed by atoms with Crippen LogP contribution >= 0.6 is 0 Å². The minimum Gasteiger partial charge on any atom is -0.493 e. The third-order valence-corrected chi connectivity index (χ3v) is 2.03. The molecule has 0 amide bonds. The van der Waals surface area contributed by atoms with Crippen molar-refractivity contribution in [3.8, 4) is 11.5 Å². The monoisotopic (exact) mass is 212 g/mol. The molecule has 0 aliphatic carbocycles. The van der Waals surface area contributed by atoms with Crippen molar-refractivity contribution >= 4 is 0 Å². The zero-order chi connectivity index (χ0) is 11.3. The summed E-state index contributed by atoms with van der Waals surface area (Å²) in [5, 5.41) is 17.8. The van der Waals surface area contributed by atoms with Crippen molar-refractivity contribution in [3.63, 3.8) is 0 Å². The molecule has 1 unspecified atom stereocenters. The maximum absolute atomic E-state index is 9.16. The molecule has 0 saturated heterocycles. The zero-order valence-electron chi connectivity index (χ0n) is 8.93. The van der Waals surface area contributed by atoms with Crippen LogP contribution in [0.1, 0.15) is 5.56 Å². The van der Waals surface area contributed by atoms with E-state index in [1.54, 1.807) is 13.2 Å². The van der Waals surface area contributed by atoms with Crippen LogP contribution in [0.15, 0.2) is 18.2 Å². The van der Waals surface area contributed by atoms with Gasteiger partial charge in [-0.05, 0) is 18.6 Å². The van der Waals surface area contributed by atoms with Crippen LogP contribution in [0.2, 0.25) is 0 Å². The molecular weight excluding hydrogens is 196 g/mol. The second kappa shape index (κ2) is 5.58. The summed E-state index contributed by atoms with van der Waals surface area (Å²) in [6.45, 7) is 1.63. The fraction of sp³-hybridized carbons (Fsp3) is 0.455. The van der Waals surface area contributed by atoms with E-state index in [4.69, 9.17) is 19.7 Å². The first-order chi connectivity index (χ1) is 7.19. The van der Waals surface area contributed by atoms with E-state index >= 15 is 0 Å². The standard InChI is InChI=1S/C11H16O4/c1-8-4-3-5-10(14-2)11(8)15-7-9(13)6-12/h3-5,9,12-13H,6-7H2,1-2H3. The van der Waals surface area contributed by atoms with Crippen LogP contribution in [0.3, 0.4) is 0 Å². The van der Waals surface area contributed by atoms with Gasteiger partial charge < -0.3 is 19.7 Å². The van der Waals surface area contributed by atoms with Crippen LogP contribution in [0.5, 0.6) is 11.5 Å². The minimum absolute atomic E-state index is 0.0533. The van der Waals surface area contributed by atoms with Gasteiger partial charge >= 0.3 is 0 Å². The molecule has 1 rings (SSSR count). The molecule has 0 aromatic heterocycles. The van der Waals surface area contributed by atoms with Crippen molar-refractivity contribution in [1.82, 2.24) is 0 Å². The van der Waals surface area contributed by atoms with Crippen LogP contribution < -0.4 is 9.47 Å². The Labute approximate surface area is 89.1 Å². The second-order valence-corrected chi connectivity index (χ2v) is 3.25. The van der Waals surface area contributed by atoms with Crippen LogP contribution in [0.25, 0.3) is 0 Å². The van der Waals surface area contributed by atoms with Crippen molar-refractivity contribution < 1.29 is 19.7 Å². The molecule has 0 heterocycles. The third-order valence-electron chi connectivity index (χ3n) is 2.03. The lowest BCUT2D eigenvalue weighted by molar-refractivity contribution is 0.0525. The zero-order valence-corrected chi connectivity index (χ0v) is 8.93. The number of methoxy groups -OCH3 is 1. The van der Waals surface area contributed by atoms with Gasteiger partial charge in [0.2, 0.25) is 0 Å². The smallest absolute Gasteiger partial charge is 0.164 e. The van der Waals surface area contributed by atoms with E-state index in [1.165, 1.54) is 0 Å². The maximum atomic E-state index is 9.16. The fourth-order valence-corrected chi connectivity index (χ4v) is 1.20. The molecule has 1 atom stereocenters. The van der Waals surface area contributed by atoms with Gasteiger partial charge in [-0.15, -0.1) is 0 Å². The van der Waals surface area contributed by atoms with Crippen LogP contribution in [-0.2, 0) is 0 Å². The number of aliphatic hydroxyl groups excluding tert-OH is 2. The van der Waals surface area contributed by atoms with E-state index in [0.717, 1.165) is 5.56 Å². The molecule has 15 heavy (non-hydrogen) atoms. The fourth-order valence-electron chi connectivity index (χ4n) is 1.20. The maximum Gasteiger partial charge on any atom is 0.164 e. The number of hydrogen-bond acceptors (Lipinski definition) is 4. The topological polar surface area (TPSA) is 58.9 Å². The van der Waals surface area contributed by atoms with Gasteiger partial charge in [0.25, 0.3) is 0 Å². The van der Waals surface area contributed by atoms with Gasteiger partial charge in [-0.3, -0.25) is 0 Å². The molecule has 4 heteroatoms. The van der Waals surface area contributed by atoms with Crippen molar-refractivity contribution in [2.75, 3.05) is 20.3 Å². The third kappa shape index (κ3) is 3.11. The first-order valence-electron chi connectivity index (χ1n) is 4.74. The van der Waals surface area contributed by atoms with Crippen molar-refractivity contribution in [1.29, 1.82) is 0 Å². The molecule has 0 saturated carbocycles. The van der Waals surface area contributed by atoms with Gasteiger partial charge in [-0.25, -0.2) is 0 Å². The van der Waals surface area contributed by atoms with E-state index in [1.807, 2.05) is 19.1 Å². The molecule has 0 aliphatic heterocycles. The number of hydrogen-bond donors (Lipinski definition) is 2. The van der Waals surface area contributed by atoms with Crippen molar-refractivity contribution in [2.45, 2.75) is 13.0 Å². The molecule has 0 fully saturated rings. The summed E-state index contributed by atoms with van der Waals surface area (Å²) >= 11 is 0. The Balaban J connectivity index is 2.74. The Hall–Kier alpha value is -1.26. The summed E-state index contributed by atoms with van der Waals surface area (Å²) in [5.74, 6) is 1.23. The number of rotatable bonds is 5. The van der Waals surface area contributed by atoms with E-state index in [-0.39, 0.29) is 13.2 Å². The minimum atomic E-state index is -0.866. The van der Waals surface area contributed by atoms with Gasteiger partial charge in [0.1, 0.15) is 12.7 Å². The SMILES string of the molecule is COc1cccc(C)c1OCC(O)CO. The van der Waals surface area contributed by atoms with E-state index in [9.17, 15) is 0 Å². The van der Waals surface area contributed by atoms with E-state index in [2.05, 4.69) is 0 Å². The second-order valence-electron chi connectivity index (χ2n) is 3.25. The summed E-state index contributed by atoms with van der Waals surface area (Å²) < 4.78 is 10.5. The summed E-state index contributed by atoms with van der Waals surface area (Å²) in [4.78, 5) is 0. The average molecular weight is 212 g/mol. The van der Waals surface area contributed by atoms with Gasteiger partial charge in [0.15, 0.2) is 11.5 Å². The molecule has 1 aromatic rings. The highest BCUT2D eigenvalue weighted by atomic mass is 16.5. The summed E-state index contributed by atoms with van der Waals surface area (Å²) in [6, 6.07) is 5.54. The predicted octanol–water partition coefficient (Wildman–Crippen LogP) is 0.736. The Morgan fingerprint density at radius 3 is 2.73 bits per heavy atom. The lowest BCUT2D eigenvalue weighted by Crippen LogP contribution is -2.21. The normalized spacial score (nSPS) is 12.3. The molecule has 0 bridgehead atoms. The quantitative estimate of drug-likeness (QED) is 0.755. The number of ether oxygens (including phenoxy) is 2. The lowest BCUT2D eigenvalue weighted by atomic mass is 10.2. The highest BCUT2D eigenvalue weighted by Gasteiger charge is 2.09. The van der Waals surface area contributed by atoms with Gasteiger partial charge in [-0.2, -0.15) is 0 Å². The van der Waals surface area contributed by atoms with Crippen molar-refractivity contribution in [2.24, 2.45) is 0 Å². The van der Waals surface area contributed by atoms with Gasteiger partial charge in [0, 0.05) is 0 Å². The Morgan fingerprint density at radius 1 is 1.40 bits per heavy atom. The molecule has 1 aromatic carbocycles. The van der Waals surface area contributed by atoms with Gasteiger partial charge in [-0.1, -0.05) is 12.1 Å². The number of aryl methyl sites for hydroxylation is 1. The highest BCUT2D eigenvalue weighted by Crippen LogP contribution is 2.30. The van der Waals surface area contributed by atoms with Crippen LogP contribution in [-0.4, -0.2) is 36.6 Å². The van der Waals surface area contributed by atoms with E-state index in [0.29, 0.717) is 11.5 Å². The molecule has 4 nitrogen and oxygen atoms in total. The Kier molecular flexibility index (Phi) is 4.39.